The molecule has 0 amide bonds. The lowest BCUT2D eigenvalue weighted by Crippen LogP contribution is -1.98. The molecule has 0 N–H and O–H groups in total. The van der Waals surface area contributed by atoms with Crippen molar-refractivity contribution in [1.29, 1.82) is 0 Å². The van der Waals surface area contributed by atoms with Crippen LogP contribution in [0.5, 0.6) is 0 Å². The summed E-state index contributed by atoms with van der Waals surface area (Å²) in [5.74, 6) is -1.48. The molecule has 0 saturated heterocycles. The second kappa shape index (κ2) is 15.7. The van der Waals surface area contributed by atoms with Crippen molar-refractivity contribution in [2.75, 3.05) is 0 Å². The Hall–Kier alpha value is -2.10. The first kappa shape index (κ1) is 26.2. The summed E-state index contributed by atoms with van der Waals surface area (Å²) in [5.41, 5.74) is 1.43. The summed E-state index contributed by atoms with van der Waals surface area (Å²) < 4.78 is 29.2. The molecule has 1 aromatic carbocycles. The first-order valence-electron chi connectivity index (χ1n) is 12.6. The van der Waals surface area contributed by atoms with E-state index in [2.05, 4.69) is 23.8 Å². The summed E-state index contributed by atoms with van der Waals surface area (Å²) in [6.45, 7) is 4.42. The molecule has 0 atom stereocenters. The minimum Gasteiger partial charge on any atom is -0.236 e. The first-order valence-corrected chi connectivity index (χ1v) is 12.6. The fraction of sp³-hybridized carbons (Fsp3) is 0.571. The summed E-state index contributed by atoms with van der Waals surface area (Å²) in [6, 6.07) is 3.18. The third kappa shape index (κ3) is 9.18. The number of rotatable bonds is 16. The maximum Gasteiger partial charge on any atom is 0.170 e. The van der Waals surface area contributed by atoms with Crippen molar-refractivity contribution in [3.63, 3.8) is 0 Å². The van der Waals surface area contributed by atoms with Crippen LogP contribution in [0.25, 0.3) is 17.5 Å². The molecule has 2 rings (SSSR count). The molecule has 2 aromatic rings. The van der Waals surface area contributed by atoms with Gasteiger partial charge < -0.3 is 0 Å². The third-order valence-electron chi connectivity index (χ3n) is 5.90. The number of allylic oxidation sites excluding steroid dienone is 1. The lowest BCUT2D eigenvalue weighted by Gasteiger charge is -2.07. The highest BCUT2D eigenvalue weighted by Crippen LogP contribution is 2.25. The molecule has 0 aliphatic carbocycles. The molecule has 0 bridgehead atoms. The zero-order valence-electron chi connectivity index (χ0n) is 20.0. The number of aryl methyl sites for hydroxylation is 1. The number of unbranched alkanes of at least 4 members (excludes halogenated alkanes) is 11. The summed E-state index contributed by atoms with van der Waals surface area (Å²) >= 11 is 0. The normalized spacial score (nSPS) is 11.5. The lowest BCUT2D eigenvalue weighted by molar-refractivity contribution is 0.509. The smallest absolute Gasteiger partial charge is 0.170 e. The molecule has 2 nitrogen and oxygen atoms in total. The van der Waals surface area contributed by atoms with Gasteiger partial charge in [0.1, 0.15) is 0 Å². The van der Waals surface area contributed by atoms with Crippen LogP contribution >= 0.6 is 0 Å². The Morgan fingerprint density at radius 2 is 1.31 bits per heavy atom. The maximum atomic E-state index is 14.7. The fourth-order valence-corrected chi connectivity index (χ4v) is 3.85. The number of halogens is 2. The van der Waals surface area contributed by atoms with Crippen LogP contribution in [0.3, 0.4) is 0 Å². The minimum atomic E-state index is -0.880. The molecule has 0 spiro atoms. The summed E-state index contributed by atoms with van der Waals surface area (Å²) in [7, 11) is 0. The van der Waals surface area contributed by atoms with Gasteiger partial charge in [0, 0.05) is 18.0 Å². The van der Waals surface area contributed by atoms with E-state index in [0.29, 0.717) is 0 Å². The molecule has 1 heterocycles. The van der Waals surface area contributed by atoms with E-state index in [0.717, 1.165) is 31.2 Å². The number of aromatic nitrogens is 2. The van der Waals surface area contributed by atoms with Crippen molar-refractivity contribution >= 4 is 6.08 Å². The number of benzene rings is 1. The van der Waals surface area contributed by atoms with Crippen LogP contribution in [0.1, 0.15) is 108 Å². The maximum absolute atomic E-state index is 14.7. The number of hydrogen-bond donors (Lipinski definition) is 0. The SMILES string of the molecule is CCCCCCC/C=C/c1ccc(-c2ncc(CCCCCCCCC)cn2)c(F)c1F. The summed E-state index contributed by atoms with van der Waals surface area (Å²) in [4.78, 5) is 8.59. The highest BCUT2D eigenvalue weighted by molar-refractivity contribution is 5.61. The zero-order chi connectivity index (χ0) is 23.0. The third-order valence-corrected chi connectivity index (χ3v) is 5.90. The molecule has 0 unspecified atom stereocenters. The molecule has 32 heavy (non-hydrogen) atoms. The van der Waals surface area contributed by atoms with Crippen LogP contribution in [0.15, 0.2) is 30.6 Å². The van der Waals surface area contributed by atoms with Crippen LogP contribution in [-0.4, -0.2) is 9.97 Å². The van der Waals surface area contributed by atoms with Gasteiger partial charge in [-0.25, -0.2) is 18.7 Å². The van der Waals surface area contributed by atoms with Gasteiger partial charge in [0.05, 0.1) is 5.56 Å². The van der Waals surface area contributed by atoms with Crippen molar-refractivity contribution in [3.05, 3.63) is 53.4 Å². The van der Waals surface area contributed by atoms with Gasteiger partial charge in [-0.15, -0.1) is 0 Å². The Labute approximate surface area is 193 Å². The summed E-state index contributed by atoms with van der Waals surface area (Å²) in [5, 5.41) is 0. The van der Waals surface area contributed by atoms with Crippen LogP contribution in [-0.2, 0) is 6.42 Å². The molecule has 0 aliphatic rings. The topological polar surface area (TPSA) is 25.8 Å². The van der Waals surface area contributed by atoms with Gasteiger partial charge in [-0.3, -0.25) is 0 Å². The van der Waals surface area contributed by atoms with Crippen LogP contribution in [0, 0.1) is 11.6 Å². The molecule has 0 aliphatic heterocycles. The molecule has 176 valence electrons. The van der Waals surface area contributed by atoms with Crippen molar-refractivity contribution in [3.8, 4) is 11.4 Å². The second-order valence-electron chi connectivity index (χ2n) is 8.72. The highest BCUT2D eigenvalue weighted by Gasteiger charge is 2.15. The van der Waals surface area contributed by atoms with E-state index in [-0.39, 0.29) is 17.0 Å². The molecule has 0 fully saturated rings. The van der Waals surface area contributed by atoms with Crippen LogP contribution in [0.4, 0.5) is 8.78 Å². The van der Waals surface area contributed by atoms with Crippen molar-refractivity contribution < 1.29 is 8.78 Å². The zero-order valence-corrected chi connectivity index (χ0v) is 20.0. The predicted molar refractivity (Wildman–Crippen MR) is 131 cm³/mol. The number of nitrogens with zero attached hydrogens (tertiary/aromatic N) is 2. The van der Waals surface area contributed by atoms with E-state index in [9.17, 15) is 8.78 Å². The van der Waals surface area contributed by atoms with Crippen LogP contribution in [0.2, 0.25) is 0 Å². The van der Waals surface area contributed by atoms with Gasteiger partial charge in [-0.05, 0) is 37.3 Å². The second-order valence-corrected chi connectivity index (χ2v) is 8.72. The molecule has 0 radical (unpaired) electrons. The Kier molecular flexibility index (Phi) is 12.8. The van der Waals surface area contributed by atoms with E-state index in [1.165, 1.54) is 64.2 Å². The Morgan fingerprint density at radius 1 is 0.719 bits per heavy atom. The van der Waals surface area contributed by atoms with E-state index in [1.54, 1.807) is 30.6 Å². The van der Waals surface area contributed by atoms with Gasteiger partial charge in [-0.2, -0.15) is 0 Å². The van der Waals surface area contributed by atoms with E-state index in [4.69, 9.17) is 0 Å². The van der Waals surface area contributed by atoms with E-state index in [1.807, 2.05) is 6.08 Å². The van der Waals surface area contributed by atoms with Crippen LogP contribution < -0.4 is 0 Å². The molecular weight excluding hydrogens is 402 g/mol. The largest absolute Gasteiger partial charge is 0.236 e. The van der Waals surface area contributed by atoms with Crippen molar-refractivity contribution in [2.45, 2.75) is 104 Å². The highest BCUT2D eigenvalue weighted by atomic mass is 19.2. The van der Waals surface area contributed by atoms with Gasteiger partial charge >= 0.3 is 0 Å². The van der Waals surface area contributed by atoms with Gasteiger partial charge in [0.2, 0.25) is 0 Å². The quantitative estimate of drug-likeness (QED) is 0.242. The van der Waals surface area contributed by atoms with Gasteiger partial charge in [0.15, 0.2) is 17.5 Å². The Morgan fingerprint density at radius 3 is 1.97 bits per heavy atom. The standard InChI is InChI=1S/C28H40F2N2/c1-3-5-7-9-11-13-15-17-23-21-31-28(32-22-23)25-20-19-24(26(29)27(25)30)18-16-14-12-10-8-6-4-2/h16,18-22H,3-15,17H2,1-2H3/b18-16+. The summed E-state index contributed by atoms with van der Waals surface area (Å²) in [6.07, 6.45) is 23.7. The van der Waals surface area contributed by atoms with Gasteiger partial charge in [0.25, 0.3) is 0 Å². The van der Waals surface area contributed by atoms with Crippen molar-refractivity contribution in [2.24, 2.45) is 0 Å². The van der Waals surface area contributed by atoms with Crippen molar-refractivity contribution in [1.82, 2.24) is 9.97 Å². The van der Waals surface area contributed by atoms with Gasteiger partial charge in [-0.1, -0.05) is 96.3 Å². The fourth-order valence-electron chi connectivity index (χ4n) is 3.85. The Balaban J connectivity index is 1.85. The predicted octanol–water partition coefficient (Wildman–Crippen LogP) is 9.09. The first-order chi connectivity index (χ1) is 15.7. The molecule has 4 heteroatoms. The molecule has 0 saturated carbocycles. The average Bonchev–Trinajstić information content (AvgIpc) is 2.81. The molecular formula is C28H40F2N2. The average molecular weight is 443 g/mol. The minimum absolute atomic E-state index is 0.113. The van der Waals surface area contributed by atoms with E-state index < -0.39 is 11.6 Å². The monoisotopic (exact) mass is 442 g/mol. The van der Waals surface area contributed by atoms with E-state index >= 15 is 0 Å². The lowest BCUT2D eigenvalue weighted by atomic mass is 10.1. The Bertz CT molecular complexity index is 800. The molecule has 1 aromatic heterocycles. The number of hydrogen-bond acceptors (Lipinski definition) is 2.